The minimum absolute atomic E-state index is 0.252. The molecule has 0 fully saturated rings. The van der Waals surface area contributed by atoms with Gasteiger partial charge in [-0.1, -0.05) is 0 Å². The lowest BCUT2D eigenvalue weighted by molar-refractivity contribution is 0.112. The van der Waals surface area contributed by atoms with E-state index in [1.54, 1.807) is 0 Å². The molecule has 1 aromatic rings. The van der Waals surface area contributed by atoms with Crippen molar-refractivity contribution in [1.29, 1.82) is 0 Å². The van der Waals surface area contributed by atoms with Crippen molar-refractivity contribution in [2.24, 2.45) is 0 Å². The Morgan fingerprint density at radius 3 is 2.75 bits per heavy atom. The second-order valence-electron chi connectivity index (χ2n) is 2.33. The Hall–Kier alpha value is -1.32. The summed E-state index contributed by atoms with van der Waals surface area (Å²) in [5.74, 6) is 0. The van der Waals surface area contributed by atoms with E-state index in [-0.39, 0.29) is 16.8 Å². The van der Waals surface area contributed by atoms with Crippen molar-refractivity contribution < 1.29 is 13.6 Å². The molecule has 64 valence electrons. The number of aldehydes is 1. The largest absolute Gasteiger partial charge is 0.298 e. The van der Waals surface area contributed by atoms with Gasteiger partial charge in [-0.2, -0.15) is 0 Å². The fourth-order valence-electron chi connectivity index (χ4n) is 0.915. The van der Waals surface area contributed by atoms with Crippen molar-refractivity contribution in [2.45, 2.75) is 13.3 Å². The van der Waals surface area contributed by atoms with Gasteiger partial charge in [-0.05, 0) is 18.6 Å². The molecule has 0 unspecified atom stereocenters. The zero-order valence-corrected chi connectivity index (χ0v) is 6.42. The molecule has 1 aromatic heterocycles. The molecule has 2 nitrogen and oxygen atoms in total. The normalized spacial score (nSPS) is 10.3. The van der Waals surface area contributed by atoms with Crippen molar-refractivity contribution in [1.82, 2.24) is 4.98 Å². The summed E-state index contributed by atoms with van der Waals surface area (Å²) in [4.78, 5) is 13.8. The number of aromatic nitrogens is 1. The third-order valence-corrected chi connectivity index (χ3v) is 1.62. The van der Waals surface area contributed by atoms with Gasteiger partial charge >= 0.3 is 0 Å². The van der Waals surface area contributed by atoms with E-state index in [4.69, 9.17) is 0 Å². The first-order valence-corrected chi connectivity index (χ1v) is 3.35. The molecule has 0 aliphatic rings. The summed E-state index contributed by atoms with van der Waals surface area (Å²) in [5, 5.41) is 0. The SMILES string of the molecule is Cc1c(C=O)ccnc1C(F)F. The predicted octanol–water partition coefficient (Wildman–Crippen LogP) is 2.14. The molecule has 4 heteroatoms. The Kier molecular flexibility index (Phi) is 2.47. The Morgan fingerprint density at radius 1 is 1.58 bits per heavy atom. The molecule has 0 N–H and O–H groups in total. The molecule has 0 bridgehead atoms. The highest BCUT2D eigenvalue weighted by Crippen LogP contribution is 2.21. The number of rotatable bonds is 2. The summed E-state index contributed by atoms with van der Waals surface area (Å²) in [6.45, 7) is 1.46. The van der Waals surface area contributed by atoms with Gasteiger partial charge in [0, 0.05) is 11.8 Å². The van der Waals surface area contributed by atoms with Crippen molar-refractivity contribution in [3.05, 3.63) is 29.1 Å². The van der Waals surface area contributed by atoms with E-state index in [1.165, 1.54) is 19.2 Å². The van der Waals surface area contributed by atoms with Gasteiger partial charge in [-0.25, -0.2) is 8.78 Å². The van der Waals surface area contributed by atoms with Crippen LogP contribution in [-0.2, 0) is 0 Å². The zero-order chi connectivity index (χ0) is 9.14. The fraction of sp³-hybridized carbons (Fsp3) is 0.250. The van der Waals surface area contributed by atoms with Gasteiger partial charge in [0.25, 0.3) is 6.43 Å². The van der Waals surface area contributed by atoms with Crippen LogP contribution in [0.2, 0.25) is 0 Å². The fourth-order valence-corrected chi connectivity index (χ4v) is 0.915. The summed E-state index contributed by atoms with van der Waals surface area (Å²) >= 11 is 0. The molecular weight excluding hydrogens is 164 g/mol. The molecule has 0 aromatic carbocycles. The van der Waals surface area contributed by atoms with Gasteiger partial charge in [0.15, 0.2) is 0 Å². The smallest absolute Gasteiger partial charge is 0.280 e. The molecular formula is C8H7F2NO. The molecule has 0 spiro atoms. The van der Waals surface area contributed by atoms with Crippen LogP contribution in [0.25, 0.3) is 0 Å². The lowest BCUT2D eigenvalue weighted by atomic mass is 10.1. The van der Waals surface area contributed by atoms with Crippen LogP contribution in [0.5, 0.6) is 0 Å². The molecule has 0 aliphatic carbocycles. The van der Waals surface area contributed by atoms with Crippen LogP contribution in [0.3, 0.4) is 0 Å². The van der Waals surface area contributed by atoms with E-state index in [1.807, 2.05) is 0 Å². The molecule has 0 amide bonds. The van der Waals surface area contributed by atoms with Crippen LogP contribution in [0.4, 0.5) is 8.78 Å². The topological polar surface area (TPSA) is 30.0 Å². The summed E-state index contributed by atoms with van der Waals surface area (Å²) in [6.07, 6.45) is -0.869. The van der Waals surface area contributed by atoms with Crippen molar-refractivity contribution in [3.63, 3.8) is 0 Å². The highest BCUT2D eigenvalue weighted by atomic mass is 19.3. The van der Waals surface area contributed by atoms with Crippen LogP contribution in [0.1, 0.15) is 28.0 Å². The predicted molar refractivity (Wildman–Crippen MR) is 39.3 cm³/mol. The first-order valence-electron chi connectivity index (χ1n) is 3.35. The Bertz CT molecular complexity index is 299. The van der Waals surface area contributed by atoms with Crippen LogP contribution in [-0.4, -0.2) is 11.3 Å². The molecule has 0 aliphatic heterocycles. The second-order valence-corrected chi connectivity index (χ2v) is 2.33. The van der Waals surface area contributed by atoms with E-state index in [2.05, 4.69) is 4.98 Å². The Balaban J connectivity index is 3.22. The molecule has 1 heterocycles. The average molecular weight is 171 g/mol. The Labute approximate surface area is 68.2 Å². The summed E-state index contributed by atoms with van der Waals surface area (Å²) in [5.41, 5.74) is 0.197. The zero-order valence-electron chi connectivity index (χ0n) is 6.42. The lowest BCUT2D eigenvalue weighted by Crippen LogP contribution is -1.97. The second kappa shape index (κ2) is 3.38. The van der Waals surface area contributed by atoms with Crippen molar-refractivity contribution in [2.75, 3.05) is 0 Å². The van der Waals surface area contributed by atoms with E-state index < -0.39 is 6.43 Å². The molecule has 1 rings (SSSR count). The van der Waals surface area contributed by atoms with Gasteiger partial charge in [0.2, 0.25) is 0 Å². The number of halogens is 2. The number of alkyl halides is 2. The third-order valence-electron chi connectivity index (χ3n) is 1.62. The van der Waals surface area contributed by atoms with Crippen LogP contribution >= 0.6 is 0 Å². The van der Waals surface area contributed by atoms with E-state index in [0.29, 0.717) is 6.29 Å². The van der Waals surface area contributed by atoms with Crippen molar-refractivity contribution >= 4 is 6.29 Å². The molecule has 0 atom stereocenters. The average Bonchev–Trinajstić information content (AvgIpc) is 2.04. The van der Waals surface area contributed by atoms with Crippen LogP contribution in [0.15, 0.2) is 12.3 Å². The first kappa shape index (κ1) is 8.77. The number of carbonyl (C=O) groups excluding carboxylic acids is 1. The van der Waals surface area contributed by atoms with Gasteiger partial charge in [0.05, 0.1) is 0 Å². The quantitative estimate of drug-likeness (QED) is 0.638. The van der Waals surface area contributed by atoms with Crippen LogP contribution < -0.4 is 0 Å². The summed E-state index contributed by atoms with van der Waals surface area (Å²) < 4.78 is 24.3. The highest BCUT2D eigenvalue weighted by Gasteiger charge is 2.13. The first-order chi connectivity index (χ1) is 5.66. The maximum absolute atomic E-state index is 12.2. The van der Waals surface area contributed by atoms with E-state index in [9.17, 15) is 13.6 Å². The molecule has 0 radical (unpaired) electrons. The van der Waals surface area contributed by atoms with Crippen LogP contribution in [0, 0.1) is 6.92 Å². The lowest BCUT2D eigenvalue weighted by Gasteiger charge is -2.03. The van der Waals surface area contributed by atoms with Gasteiger partial charge in [-0.3, -0.25) is 9.78 Å². The third kappa shape index (κ3) is 1.47. The van der Waals surface area contributed by atoms with Gasteiger partial charge in [0.1, 0.15) is 12.0 Å². The summed E-state index contributed by atoms with van der Waals surface area (Å²) in [6, 6.07) is 1.41. The summed E-state index contributed by atoms with van der Waals surface area (Å²) in [7, 11) is 0. The number of hydrogen-bond donors (Lipinski definition) is 0. The molecule has 0 saturated carbocycles. The maximum atomic E-state index is 12.2. The van der Waals surface area contributed by atoms with Gasteiger partial charge in [-0.15, -0.1) is 0 Å². The molecule has 0 saturated heterocycles. The minimum atomic E-state index is -2.62. The minimum Gasteiger partial charge on any atom is -0.298 e. The number of hydrogen-bond acceptors (Lipinski definition) is 2. The monoisotopic (exact) mass is 171 g/mol. The Morgan fingerprint density at radius 2 is 2.25 bits per heavy atom. The molecule has 12 heavy (non-hydrogen) atoms. The number of carbonyl (C=O) groups is 1. The van der Waals surface area contributed by atoms with E-state index >= 15 is 0 Å². The number of nitrogens with zero attached hydrogens (tertiary/aromatic N) is 1. The number of pyridine rings is 1. The maximum Gasteiger partial charge on any atom is 0.280 e. The van der Waals surface area contributed by atoms with Gasteiger partial charge < -0.3 is 0 Å². The highest BCUT2D eigenvalue weighted by molar-refractivity contribution is 5.77. The van der Waals surface area contributed by atoms with E-state index in [0.717, 1.165) is 0 Å². The van der Waals surface area contributed by atoms with Crippen molar-refractivity contribution in [3.8, 4) is 0 Å². The standard InChI is InChI=1S/C8H7F2NO/c1-5-6(4-12)2-3-11-7(5)8(9)10/h2-4,8H,1H3.